The molecule has 7 nitrogen and oxygen atoms in total. The molecule has 1 aromatic rings. The van der Waals surface area contributed by atoms with E-state index in [9.17, 15) is 14.9 Å². The van der Waals surface area contributed by atoms with Crippen LogP contribution in [0.15, 0.2) is 18.2 Å². The van der Waals surface area contributed by atoms with Crippen molar-refractivity contribution in [2.75, 3.05) is 13.2 Å². The molecule has 1 rings (SSSR count). The molecule has 0 aliphatic heterocycles. The van der Waals surface area contributed by atoms with Gasteiger partial charge in [-0.3, -0.25) is 10.1 Å². The van der Waals surface area contributed by atoms with Crippen LogP contribution in [0.4, 0.5) is 5.69 Å². The zero-order valence-electron chi connectivity index (χ0n) is 9.58. The summed E-state index contributed by atoms with van der Waals surface area (Å²) in [6.07, 6.45) is 0. The Morgan fingerprint density at radius 1 is 1.56 bits per heavy atom. The Hall–Kier alpha value is -2.62. The minimum Gasteiger partial charge on any atom is -0.487 e. The van der Waals surface area contributed by atoms with Gasteiger partial charge in [-0.15, -0.1) is 0 Å². The van der Waals surface area contributed by atoms with Gasteiger partial charge in [-0.2, -0.15) is 5.26 Å². The van der Waals surface area contributed by atoms with E-state index in [0.717, 1.165) is 6.07 Å². The van der Waals surface area contributed by atoms with E-state index in [2.05, 4.69) is 4.74 Å². The highest BCUT2D eigenvalue weighted by atomic mass is 16.6. The summed E-state index contributed by atoms with van der Waals surface area (Å²) < 4.78 is 9.62. The van der Waals surface area contributed by atoms with Gasteiger partial charge in [0.25, 0.3) is 0 Å². The van der Waals surface area contributed by atoms with Crippen LogP contribution in [0, 0.1) is 21.4 Å². The van der Waals surface area contributed by atoms with E-state index >= 15 is 0 Å². The predicted octanol–water partition coefficient (Wildman–Crippen LogP) is 1.67. The van der Waals surface area contributed by atoms with Gasteiger partial charge in [0.1, 0.15) is 6.07 Å². The lowest BCUT2D eigenvalue weighted by Crippen LogP contribution is -2.06. The normalized spacial score (nSPS) is 9.33. The fourth-order valence-electron chi connectivity index (χ4n) is 1.25. The number of carbonyl (C=O) groups is 1. The molecule has 0 radical (unpaired) electrons. The van der Waals surface area contributed by atoms with Gasteiger partial charge in [-0.1, -0.05) is 0 Å². The fourth-order valence-corrected chi connectivity index (χ4v) is 1.25. The lowest BCUT2D eigenvalue weighted by Gasteiger charge is -2.05. The highest BCUT2D eigenvalue weighted by Gasteiger charge is 2.19. The van der Waals surface area contributed by atoms with Crippen molar-refractivity contribution in [2.24, 2.45) is 0 Å². The summed E-state index contributed by atoms with van der Waals surface area (Å²) in [6.45, 7) is 1.57. The van der Waals surface area contributed by atoms with Gasteiger partial charge >= 0.3 is 11.7 Å². The van der Waals surface area contributed by atoms with Crippen LogP contribution in [0.1, 0.15) is 17.3 Å². The third kappa shape index (κ3) is 3.18. The molecule has 0 aliphatic rings. The summed E-state index contributed by atoms with van der Waals surface area (Å²) in [5, 5.41) is 19.1. The van der Waals surface area contributed by atoms with Crippen LogP contribution < -0.4 is 4.74 Å². The van der Waals surface area contributed by atoms with Crippen LogP contribution in [-0.2, 0) is 4.74 Å². The maximum atomic E-state index is 11.4. The van der Waals surface area contributed by atoms with Crippen LogP contribution in [0.25, 0.3) is 0 Å². The summed E-state index contributed by atoms with van der Waals surface area (Å²) in [5.41, 5.74) is -0.316. The van der Waals surface area contributed by atoms with E-state index in [1.54, 1.807) is 13.0 Å². The number of esters is 1. The molecule has 0 bridgehead atoms. The summed E-state index contributed by atoms with van der Waals surface area (Å²) in [4.78, 5) is 21.6. The second-order valence-corrected chi connectivity index (χ2v) is 3.11. The molecule has 0 N–H and O–H groups in total. The van der Waals surface area contributed by atoms with Crippen molar-refractivity contribution < 1.29 is 19.2 Å². The summed E-state index contributed by atoms with van der Waals surface area (Å²) >= 11 is 0. The summed E-state index contributed by atoms with van der Waals surface area (Å²) in [5.74, 6) is -0.706. The molecule has 0 unspecified atom stereocenters. The molecule has 7 heteroatoms. The maximum absolute atomic E-state index is 11.4. The molecule has 0 heterocycles. The van der Waals surface area contributed by atoms with Crippen molar-refractivity contribution in [2.45, 2.75) is 6.92 Å². The van der Waals surface area contributed by atoms with Crippen molar-refractivity contribution in [1.29, 1.82) is 5.26 Å². The van der Waals surface area contributed by atoms with Crippen LogP contribution in [0.3, 0.4) is 0 Å². The van der Waals surface area contributed by atoms with E-state index in [1.165, 1.54) is 12.1 Å². The molecular weight excluding hydrogens is 240 g/mol. The Labute approximate surface area is 103 Å². The maximum Gasteiger partial charge on any atom is 0.339 e. The first-order chi connectivity index (χ1) is 8.60. The number of ether oxygens (including phenoxy) is 2. The Morgan fingerprint density at radius 2 is 2.28 bits per heavy atom. The lowest BCUT2D eigenvalue weighted by atomic mass is 10.2. The molecular formula is C11H10N2O5. The minimum atomic E-state index is -0.789. The number of nitro benzene ring substituents is 1. The Kier molecular flexibility index (Phi) is 4.63. The molecule has 0 saturated heterocycles. The number of rotatable bonds is 5. The number of nitriles is 1. The van der Waals surface area contributed by atoms with Crippen LogP contribution in [0.5, 0.6) is 5.75 Å². The molecule has 1 aromatic carbocycles. The van der Waals surface area contributed by atoms with Gasteiger partial charge in [-0.25, -0.2) is 4.79 Å². The van der Waals surface area contributed by atoms with Crippen molar-refractivity contribution in [1.82, 2.24) is 0 Å². The molecule has 0 amide bonds. The number of carbonyl (C=O) groups excluding carboxylic acids is 1. The van der Waals surface area contributed by atoms with Gasteiger partial charge in [-0.05, 0) is 19.1 Å². The average Bonchev–Trinajstić information content (AvgIpc) is 2.36. The van der Waals surface area contributed by atoms with Gasteiger partial charge in [0.05, 0.1) is 17.1 Å². The van der Waals surface area contributed by atoms with Gasteiger partial charge < -0.3 is 9.47 Å². The zero-order chi connectivity index (χ0) is 13.5. The van der Waals surface area contributed by atoms with Gasteiger partial charge in [0.15, 0.2) is 12.4 Å². The standard InChI is InChI=1S/C11H10N2O5/c1-2-17-10-4-3-8(7-9(10)13(15)16)11(14)18-6-5-12/h3-4,7H,2,6H2,1H3. The third-order valence-corrected chi connectivity index (χ3v) is 1.96. The highest BCUT2D eigenvalue weighted by Crippen LogP contribution is 2.28. The summed E-state index contributed by atoms with van der Waals surface area (Å²) in [6, 6.07) is 5.36. The Bertz CT molecular complexity index is 507. The van der Waals surface area contributed by atoms with Crippen LogP contribution in [-0.4, -0.2) is 24.1 Å². The molecule has 0 atom stereocenters. The smallest absolute Gasteiger partial charge is 0.339 e. The first-order valence-corrected chi connectivity index (χ1v) is 5.05. The van der Waals surface area contributed by atoms with Crippen molar-refractivity contribution in [3.63, 3.8) is 0 Å². The van der Waals surface area contributed by atoms with Crippen molar-refractivity contribution >= 4 is 11.7 Å². The van der Waals surface area contributed by atoms with Crippen LogP contribution in [0.2, 0.25) is 0 Å². The molecule has 0 fully saturated rings. The molecule has 0 aromatic heterocycles. The fraction of sp³-hybridized carbons (Fsp3) is 0.273. The molecule has 94 valence electrons. The zero-order valence-corrected chi connectivity index (χ0v) is 9.58. The van der Waals surface area contributed by atoms with E-state index in [-0.39, 0.29) is 23.6 Å². The van der Waals surface area contributed by atoms with E-state index < -0.39 is 17.5 Å². The number of hydrogen-bond donors (Lipinski definition) is 0. The quantitative estimate of drug-likeness (QED) is 0.447. The highest BCUT2D eigenvalue weighted by molar-refractivity contribution is 5.90. The Balaban J connectivity index is 3.03. The molecule has 18 heavy (non-hydrogen) atoms. The van der Waals surface area contributed by atoms with Crippen molar-refractivity contribution in [3.8, 4) is 11.8 Å². The minimum absolute atomic E-state index is 0.000373. The predicted molar refractivity (Wildman–Crippen MR) is 60.2 cm³/mol. The molecule has 0 spiro atoms. The third-order valence-electron chi connectivity index (χ3n) is 1.96. The topological polar surface area (TPSA) is 102 Å². The van der Waals surface area contributed by atoms with Gasteiger partial charge in [0, 0.05) is 6.07 Å². The monoisotopic (exact) mass is 250 g/mol. The first-order valence-electron chi connectivity index (χ1n) is 5.05. The van der Waals surface area contributed by atoms with Crippen molar-refractivity contribution in [3.05, 3.63) is 33.9 Å². The first kappa shape index (κ1) is 13.4. The van der Waals surface area contributed by atoms with Gasteiger partial charge in [0.2, 0.25) is 0 Å². The second-order valence-electron chi connectivity index (χ2n) is 3.11. The van der Waals surface area contributed by atoms with Crippen LogP contribution >= 0.6 is 0 Å². The average molecular weight is 250 g/mol. The van der Waals surface area contributed by atoms with E-state index in [1.807, 2.05) is 0 Å². The number of hydrogen-bond acceptors (Lipinski definition) is 6. The Morgan fingerprint density at radius 3 is 2.83 bits per heavy atom. The lowest BCUT2D eigenvalue weighted by molar-refractivity contribution is -0.385. The van der Waals surface area contributed by atoms with E-state index in [4.69, 9.17) is 10.00 Å². The number of nitrogens with zero attached hydrogens (tertiary/aromatic N) is 2. The molecule has 0 saturated carbocycles. The number of nitro groups is 1. The second kappa shape index (κ2) is 6.20. The van der Waals surface area contributed by atoms with E-state index in [0.29, 0.717) is 0 Å². The molecule has 0 aliphatic carbocycles. The largest absolute Gasteiger partial charge is 0.487 e. The summed E-state index contributed by atoms with van der Waals surface area (Å²) in [7, 11) is 0. The number of benzene rings is 1. The SMILES string of the molecule is CCOc1ccc(C(=O)OCC#N)cc1[N+](=O)[O-].